The lowest BCUT2D eigenvalue weighted by atomic mass is 10.2. The second-order valence-corrected chi connectivity index (χ2v) is 7.06. The first kappa shape index (κ1) is 18.0. The molecule has 0 heterocycles. The summed E-state index contributed by atoms with van der Waals surface area (Å²) in [6, 6.07) is 3.51. The number of rotatable bonds is 8. The van der Waals surface area contributed by atoms with Crippen molar-refractivity contribution in [2.24, 2.45) is 0 Å². The van der Waals surface area contributed by atoms with Gasteiger partial charge in [0.1, 0.15) is 5.82 Å². The highest BCUT2D eigenvalue weighted by molar-refractivity contribution is 7.89. The minimum absolute atomic E-state index is 0.0138. The Morgan fingerprint density at radius 1 is 1.19 bits per heavy atom. The zero-order valence-electron chi connectivity index (χ0n) is 12.7. The van der Waals surface area contributed by atoms with Crippen LogP contribution in [0, 0.1) is 5.82 Å². The Hall–Kier alpha value is -1.02. The minimum Gasteiger partial charge on any atom is -0.392 e. The molecule has 0 amide bonds. The molecule has 0 aliphatic rings. The van der Waals surface area contributed by atoms with E-state index in [2.05, 4.69) is 0 Å². The fourth-order valence-corrected chi connectivity index (χ4v) is 3.47. The molecule has 5 nitrogen and oxygen atoms in total. The molecule has 0 aliphatic heterocycles. The Morgan fingerprint density at radius 2 is 1.86 bits per heavy atom. The number of sulfonamides is 1. The third-order valence-corrected chi connectivity index (χ3v) is 4.99. The van der Waals surface area contributed by atoms with Crippen LogP contribution >= 0.6 is 0 Å². The van der Waals surface area contributed by atoms with Gasteiger partial charge in [0.2, 0.25) is 10.0 Å². The van der Waals surface area contributed by atoms with Gasteiger partial charge in [-0.3, -0.25) is 0 Å². The fourth-order valence-electron chi connectivity index (χ4n) is 1.89. The highest BCUT2D eigenvalue weighted by Gasteiger charge is 2.24. The van der Waals surface area contributed by atoms with Crippen molar-refractivity contribution in [3.05, 3.63) is 29.6 Å². The Morgan fingerprint density at radius 3 is 2.38 bits per heavy atom. The van der Waals surface area contributed by atoms with Gasteiger partial charge in [-0.05, 0) is 38.7 Å². The van der Waals surface area contributed by atoms with E-state index < -0.39 is 22.4 Å². The predicted octanol–water partition coefficient (Wildman–Crippen LogP) is 1.28. The van der Waals surface area contributed by atoms with Gasteiger partial charge >= 0.3 is 0 Å². The smallest absolute Gasteiger partial charge is 0.243 e. The van der Waals surface area contributed by atoms with Crippen LogP contribution in [0.15, 0.2) is 23.1 Å². The number of benzene rings is 1. The molecule has 1 rings (SSSR count). The summed E-state index contributed by atoms with van der Waals surface area (Å²) in [4.78, 5) is 1.92. The van der Waals surface area contributed by atoms with Gasteiger partial charge in [-0.1, -0.05) is 6.92 Å². The molecule has 1 aromatic carbocycles. The van der Waals surface area contributed by atoms with Gasteiger partial charge in [-0.15, -0.1) is 0 Å². The highest BCUT2D eigenvalue weighted by atomic mass is 32.2. The minimum atomic E-state index is -3.68. The Bertz CT molecular complexity index is 561. The molecule has 1 N–H and O–H groups in total. The van der Waals surface area contributed by atoms with E-state index in [4.69, 9.17) is 5.11 Å². The molecule has 0 bridgehead atoms. The van der Waals surface area contributed by atoms with Crippen molar-refractivity contribution in [2.75, 3.05) is 33.7 Å². The summed E-state index contributed by atoms with van der Waals surface area (Å²) >= 11 is 0. The van der Waals surface area contributed by atoms with E-state index in [-0.39, 0.29) is 10.5 Å². The lowest BCUT2D eigenvalue weighted by Crippen LogP contribution is -2.37. The molecule has 7 heteroatoms. The van der Waals surface area contributed by atoms with Crippen LogP contribution in [0.1, 0.15) is 18.9 Å². The van der Waals surface area contributed by atoms with Crippen LogP contribution in [0.4, 0.5) is 4.39 Å². The topological polar surface area (TPSA) is 60.9 Å². The number of aliphatic hydroxyl groups excluding tert-OH is 1. The summed E-state index contributed by atoms with van der Waals surface area (Å²) in [6.45, 7) is 2.76. The van der Waals surface area contributed by atoms with Gasteiger partial charge in [-0.2, -0.15) is 4.31 Å². The first-order valence-electron chi connectivity index (χ1n) is 6.87. The van der Waals surface area contributed by atoms with Crippen LogP contribution in [0.2, 0.25) is 0 Å². The van der Waals surface area contributed by atoms with E-state index in [1.807, 2.05) is 25.9 Å². The average molecular weight is 318 g/mol. The Balaban J connectivity index is 3.09. The summed E-state index contributed by atoms with van der Waals surface area (Å²) < 4.78 is 40.0. The SMILES string of the molecule is CCCN(CCN(C)C)S(=O)(=O)c1ccc(F)c(CO)c1. The predicted molar refractivity (Wildman–Crippen MR) is 79.9 cm³/mol. The van der Waals surface area contributed by atoms with Crippen LogP contribution in [-0.4, -0.2) is 56.5 Å². The van der Waals surface area contributed by atoms with Crippen molar-refractivity contribution >= 4 is 10.0 Å². The third kappa shape index (κ3) is 4.74. The molecule has 0 saturated carbocycles. The second kappa shape index (κ2) is 7.84. The van der Waals surface area contributed by atoms with Crippen molar-refractivity contribution in [3.8, 4) is 0 Å². The number of halogens is 1. The lowest BCUT2D eigenvalue weighted by molar-refractivity contribution is 0.275. The Labute approximate surface area is 126 Å². The summed E-state index contributed by atoms with van der Waals surface area (Å²) in [6.07, 6.45) is 0.695. The molecule has 0 aliphatic carbocycles. The molecule has 0 radical (unpaired) electrons. The summed E-state index contributed by atoms with van der Waals surface area (Å²) in [7, 11) is 0.0677. The molecule has 0 saturated heterocycles. The monoisotopic (exact) mass is 318 g/mol. The first-order chi connectivity index (χ1) is 9.82. The van der Waals surface area contributed by atoms with E-state index >= 15 is 0 Å². The number of likely N-dealkylation sites (N-methyl/N-ethyl adjacent to an activating group) is 1. The molecule has 1 aromatic rings. The van der Waals surface area contributed by atoms with Crippen LogP contribution in [0.5, 0.6) is 0 Å². The quantitative estimate of drug-likeness (QED) is 0.784. The molecule has 0 aromatic heterocycles. The zero-order valence-corrected chi connectivity index (χ0v) is 13.5. The van der Waals surface area contributed by atoms with E-state index in [1.165, 1.54) is 16.4 Å². The fraction of sp³-hybridized carbons (Fsp3) is 0.571. The summed E-state index contributed by atoms with van der Waals surface area (Å²) in [5.41, 5.74) is -0.0138. The van der Waals surface area contributed by atoms with Gasteiger partial charge in [-0.25, -0.2) is 12.8 Å². The molecular weight excluding hydrogens is 295 g/mol. The van der Waals surface area contributed by atoms with Gasteiger partial charge in [0.05, 0.1) is 11.5 Å². The van der Waals surface area contributed by atoms with E-state index in [0.29, 0.717) is 26.1 Å². The third-order valence-electron chi connectivity index (χ3n) is 3.09. The van der Waals surface area contributed by atoms with Gasteiger partial charge in [0.25, 0.3) is 0 Å². The first-order valence-corrected chi connectivity index (χ1v) is 8.31. The van der Waals surface area contributed by atoms with E-state index in [1.54, 1.807) is 0 Å². The standard InChI is InChI=1S/C14H23FN2O3S/c1-4-7-17(9-8-16(2)3)21(19,20)13-5-6-14(15)12(10-13)11-18/h5-6,10,18H,4,7-9,11H2,1-3H3. The largest absolute Gasteiger partial charge is 0.392 e. The normalized spacial score (nSPS) is 12.3. The Kier molecular flexibility index (Phi) is 6.73. The zero-order chi connectivity index (χ0) is 16.0. The van der Waals surface area contributed by atoms with Crippen molar-refractivity contribution in [1.29, 1.82) is 0 Å². The van der Waals surface area contributed by atoms with Crippen LogP contribution in [-0.2, 0) is 16.6 Å². The van der Waals surface area contributed by atoms with Crippen molar-refractivity contribution in [2.45, 2.75) is 24.8 Å². The van der Waals surface area contributed by atoms with E-state index in [0.717, 1.165) is 6.07 Å². The maximum atomic E-state index is 13.4. The van der Waals surface area contributed by atoms with Gasteiger partial charge in [0, 0.05) is 25.2 Å². The van der Waals surface area contributed by atoms with Crippen LogP contribution < -0.4 is 0 Å². The number of hydrogen-bond donors (Lipinski definition) is 1. The number of aliphatic hydroxyl groups is 1. The van der Waals surface area contributed by atoms with Gasteiger partial charge < -0.3 is 10.0 Å². The molecule has 0 fully saturated rings. The second-order valence-electron chi connectivity index (χ2n) is 5.12. The van der Waals surface area contributed by atoms with Crippen molar-refractivity contribution in [3.63, 3.8) is 0 Å². The number of hydrogen-bond acceptors (Lipinski definition) is 4. The van der Waals surface area contributed by atoms with E-state index in [9.17, 15) is 12.8 Å². The maximum Gasteiger partial charge on any atom is 0.243 e. The average Bonchev–Trinajstić information content (AvgIpc) is 2.43. The maximum absolute atomic E-state index is 13.4. The summed E-state index contributed by atoms with van der Waals surface area (Å²) in [5.74, 6) is -0.605. The molecule has 0 spiro atoms. The molecule has 21 heavy (non-hydrogen) atoms. The van der Waals surface area contributed by atoms with Crippen molar-refractivity contribution in [1.82, 2.24) is 9.21 Å². The lowest BCUT2D eigenvalue weighted by Gasteiger charge is -2.23. The summed E-state index contributed by atoms with van der Waals surface area (Å²) in [5, 5.41) is 9.07. The molecular formula is C14H23FN2O3S. The number of nitrogens with zero attached hydrogens (tertiary/aromatic N) is 2. The van der Waals surface area contributed by atoms with Gasteiger partial charge in [0.15, 0.2) is 0 Å². The highest BCUT2D eigenvalue weighted by Crippen LogP contribution is 2.19. The van der Waals surface area contributed by atoms with Crippen LogP contribution in [0.25, 0.3) is 0 Å². The van der Waals surface area contributed by atoms with Crippen LogP contribution in [0.3, 0.4) is 0 Å². The molecule has 0 atom stereocenters. The molecule has 0 unspecified atom stereocenters. The van der Waals surface area contributed by atoms with Crippen molar-refractivity contribution < 1.29 is 17.9 Å². The molecule has 120 valence electrons.